The Morgan fingerprint density at radius 3 is 2.39 bits per heavy atom. The lowest BCUT2D eigenvalue weighted by Crippen LogP contribution is -2.32. The maximum absolute atomic E-state index is 13.1. The third-order valence-electron chi connectivity index (χ3n) is 4.56. The molecular weight excluding hydrogens is 412 g/mol. The molecule has 5 nitrogen and oxygen atoms in total. The summed E-state index contributed by atoms with van der Waals surface area (Å²) < 4.78 is 27.9. The van der Waals surface area contributed by atoms with Crippen molar-refractivity contribution in [3.8, 4) is 0 Å². The molecule has 1 fully saturated rings. The summed E-state index contributed by atoms with van der Waals surface area (Å²) in [4.78, 5) is 17.1. The van der Waals surface area contributed by atoms with Gasteiger partial charge in [-0.1, -0.05) is 18.2 Å². The Labute approximate surface area is 172 Å². The Hall–Kier alpha value is -2.00. The number of nitrogens with one attached hydrogen (secondary N) is 1. The number of rotatable bonds is 8. The minimum Gasteiger partial charge on any atom is -0.331 e. The van der Waals surface area contributed by atoms with Gasteiger partial charge in [-0.2, -0.15) is 0 Å². The molecule has 0 spiro atoms. The van der Waals surface area contributed by atoms with E-state index in [-0.39, 0.29) is 23.4 Å². The molecule has 4 rings (SSSR count). The average molecular weight is 433 g/mol. The summed E-state index contributed by atoms with van der Waals surface area (Å²) in [5.41, 5.74) is 0.405. The number of amides is 1. The van der Waals surface area contributed by atoms with Crippen molar-refractivity contribution in [1.29, 1.82) is 0 Å². The van der Waals surface area contributed by atoms with Crippen LogP contribution >= 0.6 is 22.7 Å². The molecule has 0 saturated heterocycles. The molecule has 1 aliphatic carbocycles. The third-order valence-corrected chi connectivity index (χ3v) is 7.70. The van der Waals surface area contributed by atoms with E-state index in [0.29, 0.717) is 12.1 Å². The molecule has 0 atom stereocenters. The lowest BCUT2D eigenvalue weighted by atomic mass is 10.2. The van der Waals surface area contributed by atoms with Crippen molar-refractivity contribution in [3.63, 3.8) is 0 Å². The maximum Gasteiger partial charge on any atom is 0.254 e. The molecule has 2 aromatic heterocycles. The van der Waals surface area contributed by atoms with Gasteiger partial charge >= 0.3 is 0 Å². The van der Waals surface area contributed by atoms with E-state index in [9.17, 15) is 13.2 Å². The van der Waals surface area contributed by atoms with Crippen molar-refractivity contribution >= 4 is 38.6 Å². The second-order valence-corrected chi connectivity index (χ2v) is 10.5. The van der Waals surface area contributed by atoms with Crippen molar-refractivity contribution in [2.45, 2.75) is 36.9 Å². The van der Waals surface area contributed by atoms with E-state index in [0.717, 1.165) is 22.6 Å². The lowest BCUT2D eigenvalue weighted by Gasteiger charge is -2.22. The second-order valence-electron chi connectivity index (χ2n) is 6.68. The van der Waals surface area contributed by atoms with Crippen LogP contribution in [0.2, 0.25) is 0 Å². The smallest absolute Gasteiger partial charge is 0.254 e. The van der Waals surface area contributed by atoms with Crippen molar-refractivity contribution < 1.29 is 13.2 Å². The zero-order valence-electron chi connectivity index (χ0n) is 15.1. The topological polar surface area (TPSA) is 66.5 Å². The second kappa shape index (κ2) is 8.16. The SMILES string of the molecule is O=C(c1cccc(S(=O)(=O)NCc2cccs2)c1)N(Cc1cccs1)C1CC1. The summed E-state index contributed by atoms with van der Waals surface area (Å²) in [5.74, 6) is -0.119. The highest BCUT2D eigenvalue weighted by molar-refractivity contribution is 7.89. The monoisotopic (exact) mass is 432 g/mol. The molecule has 1 aromatic carbocycles. The van der Waals surface area contributed by atoms with E-state index < -0.39 is 10.0 Å². The van der Waals surface area contributed by atoms with Crippen LogP contribution in [0.3, 0.4) is 0 Å². The highest BCUT2D eigenvalue weighted by Crippen LogP contribution is 2.31. The minimum absolute atomic E-state index is 0.113. The number of hydrogen-bond donors (Lipinski definition) is 1. The number of benzene rings is 1. The molecule has 1 amide bonds. The van der Waals surface area contributed by atoms with Gasteiger partial charge in [0.1, 0.15) is 0 Å². The Kier molecular flexibility index (Phi) is 5.63. The molecule has 1 N–H and O–H groups in total. The van der Waals surface area contributed by atoms with Crippen molar-refractivity contribution in [1.82, 2.24) is 9.62 Å². The van der Waals surface area contributed by atoms with Gasteiger partial charge in [-0.25, -0.2) is 13.1 Å². The molecule has 1 saturated carbocycles. The van der Waals surface area contributed by atoms with E-state index in [1.165, 1.54) is 23.5 Å². The average Bonchev–Trinajstić information content (AvgIpc) is 3.18. The van der Waals surface area contributed by atoms with Crippen LogP contribution in [0.15, 0.2) is 64.2 Å². The van der Waals surface area contributed by atoms with Crippen LogP contribution in [0.5, 0.6) is 0 Å². The van der Waals surface area contributed by atoms with E-state index in [1.54, 1.807) is 23.5 Å². The number of nitrogens with zero attached hydrogens (tertiary/aromatic N) is 1. The molecule has 0 radical (unpaired) electrons. The van der Waals surface area contributed by atoms with E-state index >= 15 is 0 Å². The van der Waals surface area contributed by atoms with Crippen molar-refractivity contribution in [2.24, 2.45) is 0 Å². The van der Waals surface area contributed by atoms with E-state index in [2.05, 4.69) is 4.72 Å². The summed E-state index contributed by atoms with van der Waals surface area (Å²) >= 11 is 3.12. The molecular formula is C20H20N2O3S3. The van der Waals surface area contributed by atoms with Crippen molar-refractivity contribution in [3.05, 3.63) is 74.6 Å². The number of carbonyl (C=O) groups excluding carboxylic acids is 1. The van der Waals surface area contributed by atoms with Crippen LogP contribution in [0.1, 0.15) is 33.0 Å². The fraction of sp³-hybridized carbons (Fsp3) is 0.250. The molecule has 0 aliphatic heterocycles. The third kappa shape index (κ3) is 4.52. The molecule has 28 heavy (non-hydrogen) atoms. The van der Waals surface area contributed by atoms with Gasteiger partial charge in [-0.3, -0.25) is 4.79 Å². The first-order valence-corrected chi connectivity index (χ1v) is 12.2. The summed E-state index contributed by atoms with van der Waals surface area (Å²) in [5, 5.41) is 3.90. The van der Waals surface area contributed by atoms with Crippen LogP contribution in [0, 0.1) is 0 Å². The Bertz CT molecular complexity index is 1040. The summed E-state index contributed by atoms with van der Waals surface area (Å²) in [6, 6.07) is 14.3. The number of hydrogen-bond acceptors (Lipinski definition) is 5. The van der Waals surface area contributed by atoms with Crippen LogP contribution in [0.4, 0.5) is 0 Å². The van der Waals surface area contributed by atoms with Gasteiger partial charge < -0.3 is 4.90 Å². The Morgan fingerprint density at radius 1 is 1.04 bits per heavy atom. The minimum atomic E-state index is -3.68. The predicted molar refractivity (Wildman–Crippen MR) is 112 cm³/mol. The number of thiophene rings is 2. The van der Waals surface area contributed by atoms with Crippen LogP contribution in [0.25, 0.3) is 0 Å². The van der Waals surface area contributed by atoms with Gasteiger partial charge in [0.15, 0.2) is 0 Å². The van der Waals surface area contributed by atoms with Crippen molar-refractivity contribution in [2.75, 3.05) is 0 Å². The summed E-state index contributed by atoms with van der Waals surface area (Å²) in [7, 11) is -3.68. The van der Waals surface area contributed by atoms with Crippen LogP contribution in [-0.4, -0.2) is 25.3 Å². The largest absolute Gasteiger partial charge is 0.331 e. The quantitative estimate of drug-likeness (QED) is 0.583. The van der Waals surface area contributed by atoms with Gasteiger partial charge in [-0.05, 0) is 53.9 Å². The van der Waals surface area contributed by atoms with Gasteiger partial charge in [0.2, 0.25) is 10.0 Å². The Balaban J connectivity index is 1.52. The molecule has 1 aliphatic rings. The zero-order chi connectivity index (χ0) is 19.6. The Morgan fingerprint density at radius 2 is 1.75 bits per heavy atom. The van der Waals surface area contributed by atoms with E-state index in [4.69, 9.17) is 0 Å². The van der Waals surface area contributed by atoms with Crippen LogP contribution in [-0.2, 0) is 23.1 Å². The maximum atomic E-state index is 13.1. The molecule has 0 bridgehead atoms. The fourth-order valence-corrected chi connectivity index (χ4v) is 5.44. The molecule has 0 unspecified atom stereocenters. The highest BCUT2D eigenvalue weighted by Gasteiger charge is 2.33. The first-order chi connectivity index (χ1) is 13.5. The number of sulfonamides is 1. The van der Waals surface area contributed by atoms with E-state index in [1.807, 2.05) is 39.9 Å². The molecule has 8 heteroatoms. The van der Waals surface area contributed by atoms with Gasteiger partial charge in [0.25, 0.3) is 5.91 Å². The first kappa shape index (κ1) is 19.3. The summed E-state index contributed by atoms with van der Waals surface area (Å²) in [6.45, 7) is 0.805. The first-order valence-electron chi connectivity index (χ1n) is 8.98. The standard InChI is InChI=1S/C20H20N2O3S3/c23-20(22(16-8-9-16)14-18-6-3-11-27-18)15-4-1-7-19(12-15)28(24,25)21-13-17-5-2-10-26-17/h1-7,10-12,16,21H,8-9,13-14H2. The molecule has 146 valence electrons. The molecule has 3 aromatic rings. The molecule has 2 heterocycles. The predicted octanol–water partition coefficient (Wildman–Crippen LogP) is 4.09. The summed E-state index contributed by atoms with van der Waals surface area (Å²) in [6.07, 6.45) is 1.99. The fourth-order valence-electron chi connectivity index (χ4n) is 2.95. The lowest BCUT2D eigenvalue weighted by molar-refractivity contribution is 0.0731. The van der Waals surface area contributed by atoms with Gasteiger partial charge in [0.05, 0.1) is 11.4 Å². The van der Waals surface area contributed by atoms with Gasteiger partial charge in [0, 0.05) is 27.9 Å². The van der Waals surface area contributed by atoms with Gasteiger partial charge in [-0.15, -0.1) is 22.7 Å². The normalized spacial score (nSPS) is 14.1. The zero-order valence-corrected chi connectivity index (χ0v) is 17.5. The highest BCUT2D eigenvalue weighted by atomic mass is 32.2. The van der Waals surface area contributed by atoms with Crippen LogP contribution < -0.4 is 4.72 Å². The number of carbonyl (C=O) groups is 1.